The Morgan fingerprint density at radius 1 is 1.45 bits per heavy atom. The Balaban J connectivity index is 0.00000147. The van der Waals surface area contributed by atoms with Crippen molar-refractivity contribution in [2.24, 2.45) is 7.05 Å². The Hall–Kier alpha value is -1.39. The van der Waals surface area contributed by atoms with Crippen LogP contribution in [0.1, 0.15) is 35.7 Å². The van der Waals surface area contributed by atoms with Crippen molar-refractivity contribution < 1.29 is 4.39 Å². The third-order valence-electron chi connectivity index (χ3n) is 3.82. The summed E-state index contributed by atoms with van der Waals surface area (Å²) in [4.78, 5) is 0. The third kappa shape index (κ3) is 3.02. The number of halogens is 2. The topological polar surface area (TPSA) is 29.9 Å². The van der Waals surface area contributed by atoms with Gasteiger partial charge in [0.15, 0.2) is 0 Å². The summed E-state index contributed by atoms with van der Waals surface area (Å²) >= 11 is 0. The van der Waals surface area contributed by atoms with Crippen molar-refractivity contribution in [3.63, 3.8) is 0 Å². The van der Waals surface area contributed by atoms with E-state index in [1.54, 1.807) is 12.1 Å². The van der Waals surface area contributed by atoms with E-state index < -0.39 is 0 Å². The second-order valence-corrected chi connectivity index (χ2v) is 5.13. The normalized spacial score (nSPS) is 17.4. The van der Waals surface area contributed by atoms with E-state index in [1.165, 1.54) is 23.7 Å². The first-order valence-corrected chi connectivity index (χ1v) is 6.72. The van der Waals surface area contributed by atoms with Gasteiger partial charge in [-0.25, -0.2) is 4.39 Å². The summed E-state index contributed by atoms with van der Waals surface area (Å²) in [6, 6.07) is 7.09. The number of nitrogens with zero attached hydrogens (tertiary/aromatic N) is 2. The Labute approximate surface area is 124 Å². The summed E-state index contributed by atoms with van der Waals surface area (Å²) in [7, 11) is 1.99. The predicted octanol–water partition coefficient (Wildman–Crippen LogP) is 3.15. The van der Waals surface area contributed by atoms with Crippen LogP contribution >= 0.6 is 12.4 Å². The number of hydrogen-bond acceptors (Lipinski definition) is 2. The van der Waals surface area contributed by atoms with Crippen LogP contribution in [0.3, 0.4) is 0 Å². The van der Waals surface area contributed by atoms with Crippen LogP contribution < -0.4 is 5.32 Å². The molecule has 1 aliphatic carbocycles. The lowest BCUT2D eigenvalue weighted by Gasteiger charge is -2.24. The summed E-state index contributed by atoms with van der Waals surface area (Å²) in [5, 5.41) is 7.85. The van der Waals surface area contributed by atoms with Crippen LogP contribution in [0.25, 0.3) is 0 Å². The van der Waals surface area contributed by atoms with Gasteiger partial charge in [0, 0.05) is 30.9 Å². The zero-order valence-electron chi connectivity index (χ0n) is 11.5. The largest absolute Gasteiger partial charge is 0.306 e. The van der Waals surface area contributed by atoms with Gasteiger partial charge in [-0.2, -0.15) is 5.10 Å². The standard InChI is InChI=1S/C15H18FN3.ClH/c1-19-15-7-3-6-14(13(15)10-18-19)17-9-11-4-2-5-12(16)8-11;/h2,4-5,8,10,14,17H,3,6-7,9H2,1H3;1H. The summed E-state index contributed by atoms with van der Waals surface area (Å²) in [5.41, 5.74) is 3.60. The minimum atomic E-state index is -0.176. The maximum atomic E-state index is 13.1. The van der Waals surface area contributed by atoms with E-state index in [0.717, 1.165) is 18.4 Å². The van der Waals surface area contributed by atoms with Gasteiger partial charge >= 0.3 is 0 Å². The first-order chi connectivity index (χ1) is 9.24. The van der Waals surface area contributed by atoms with E-state index in [1.807, 2.05) is 24.0 Å². The minimum absolute atomic E-state index is 0. The average molecular weight is 296 g/mol. The SMILES string of the molecule is Cl.Cn1ncc2c1CCCC2NCc1cccc(F)c1. The highest BCUT2D eigenvalue weighted by molar-refractivity contribution is 5.85. The fraction of sp³-hybridized carbons (Fsp3) is 0.400. The van der Waals surface area contributed by atoms with E-state index in [9.17, 15) is 4.39 Å². The molecule has 0 aliphatic heterocycles. The number of fused-ring (bicyclic) bond motifs is 1. The maximum Gasteiger partial charge on any atom is 0.123 e. The molecule has 0 fully saturated rings. The van der Waals surface area contributed by atoms with Crippen molar-refractivity contribution >= 4 is 12.4 Å². The highest BCUT2D eigenvalue weighted by Gasteiger charge is 2.22. The molecule has 0 amide bonds. The molecule has 20 heavy (non-hydrogen) atoms. The van der Waals surface area contributed by atoms with Crippen LogP contribution in [0, 0.1) is 5.82 Å². The average Bonchev–Trinajstić information content (AvgIpc) is 2.79. The number of benzene rings is 1. The number of hydrogen-bond donors (Lipinski definition) is 1. The fourth-order valence-electron chi connectivity index (χ4n) is 2.81. The maximum absolute atomic E-state index is 13.1. The highest BCUT2D eigenvalue weighted by Crippen LogP contribution is 2.29. The van der Waals surface area contributed by atoms with Crippen molar-refractivity contribution in [3.8, 4) is 0 Å². The third-order valence-corrected chi connectivity index (χ3v) is 3.82. The predicted molar refractivity (Wildman–Crippen MR) is 79.4 cm³/mol. The van der Waals surface area contributed by atoms with Gasteiger partial charge in [0.25, 0.3) is 0 Å². The smallest absolute Gasteiger partial charge is 0.123 e. The lowest BCUT2D eigenvalue weighted by atomic mass is 9.93. The van der Waals surface area contributed by atoms with E-state index in [-0.39, 0.29) is 18.2 Å². The first kappa shape index (κ1) is 15.0. The van der Waals surface area contributed by atoms with E-state index in [4.69, 9.17) is 0 Å². The molecule has 1 heterocycles. The minimum Gasteiger partial charge on any atom is -0.306 e. The van der Waals surface area contributed by atoms with Gasteiger partial charge in [-0.05, 0) is 37.0 Å². The molecule has 1 aliphatic rings. The monoisotopic (exact) mass is 295 g/mol. The molecule has 0 saturated carbocycles. The quantitative estimate of drug-likeness (QED) is 0.943. The molecule has 1 atom stereocenters. The van der Waals surface area contributed by atoms with Gasteiger partial charge in [-0.1, -0.05) is 12.1 Å². The zero-order valence-corrected chi connectivity index (χ0v) is 12.3. The van der Waals surface area contributed by atoms with Gasteiger partial charge in [0.2, 0.25) is 0 Å². The number of aryl methyl sites for hydroxylation is 1. The Bertz CT molecular complexity index is 582. The lowest BCUT2D eigenvalue weighted by Crippen LogP contribution is -2.24. The van der Waals surface area contributed by atoms with Crippen LogP contribution in [0.4, 0.5) is 4.39 Å². The second kappa shape index (κ2) is 6.37. The number of nitrogens with one attached hydrogen (secondary N) is 1. The Kier molecular flexibility index (Phi) is 4.78. The highest BCUT2D eigenvalue weighted by atomic mass is 35.5. The molecule has 3 nitrogen and oxygen atoms in total. The molecule has 0 saturated heterocycles. The second-order valence-electron chi connectivity index (χ2n) is 5.13. The van der Waals surface area contributed by atoms with Crippen molar-refractivity contribution in [3.05, 3.63) is 53.1 Å². The van der Waals surface area contributed by atoms with Crippen molar-refractivity contribution in [2.75, 3.05) is 0 Å². The van der Waals surface area contributed by atoms with Gasteiger partial charge in [-0.3, -0.25) is 4.68 Å². The molecule has 0 spiro atoms. The molecule has 1 aromatic carbocycles. The summed E-state index contributed by atoms with van der Waals surface area (Å²) < 4.78 is 15.1. The van der Waals surface area contributed by atoms with E-state index in [2.05, 4.69) is 10.4 Å². The van der Waals surface area contributed by atoms with Crippen molar-refractivity contribution in [1.82, 2.24) is 15.1 Å². The van der Waals surface area contributed by atoms with Gasteiger partial charge < -0.3 is 5.32 Å². The summed E-state index contributed by atoms with van der Waals surface area (Å²) in [6.45, 7) is 0.691. The van der Waals surface area contributed by atoms with Gasteiger partial charge in [0.05, 0.1) is 6.20 Å². The molecular weight excluding hydrogens is 277 g/mol. The fourth-order valence-corrected chi connectivity index (χ4v) is 2.81. The molecule has 108 valence electrons. The molecule has 0 bridgehead atoms. The van der Waals surface area contributed by atoms with Crippen molar-refractivity contribution in [2.45, 2.75) is 31.8 Å². The van der Waals surface area contributed by atoms with E-state index in [0.29, 0.717) is 12.6 Å². The first-order valence-electron chi connectivity index (χ1n) is 6.72. The van der Waals surface area contributed by atoms with E-state index >= 15 is 0 Å². The molecule has 1 aromatic heterocycles. The number of aromatic nitrogens is 2. The zero-order chi connectivity index (χ0) is 13.2. The Morgan fingerprint density at radius 3 is 3.10 bits per heavy atom. The molecule has 5 heteroatoms. The Morgan fingerprint density at radius 2 is 2.30 bits per heavy atom. The van der Waals surface area contributed by atoms with Gasteiger partial charge in [0.1, 0.15) is 5.82 Å². The van der Waals surface area contributed by atoms with Crippen LogP contribution in [-0.2, 0) is 20.0 Å². The molecule has 1 N–H and O–H groups in total. The van der Waals surface area contributed by atoms with Crippen LogP contribution in [-0.4, -0.2) is 9.78 Å². The molecule has 3 rings (SSSR count). The van der Waals surface area contributed by atoms with Crippen LogP contribution in [0.2, 0.25) is 0 Å². The van der Waals surface area contributed by atoms with Crippen LogP contribution in [0.15, 0.2) is 30.5 Å². The number of rotatable bonds is 3. The van der Waals surface area contributed by atoms with Crippen molar-refractivity contribution in [1.29, 1.82) is 0 Å². The molecule has 2 aromatic rings. The lowest BCUT2D eigenvalue weighted by molar-refractivity contribution is 0.451. The molecular formula is C15H19ClFN3. The van der Waals surface area contributed by atoms with Gasteiger partial charge in [-0.15, -0.1) is 12.4 Å². The molecule has 0 radical (unpaired) electrons. The molecule has 1 unspecified atom stereocenters. The summed E-state index contributed by atoms with van der Waals surface area (Å²) in [5.74, 6) is -0.176. The van der Waals surface area contributed by atoms with Crippen LogP contribution in [0.5, 0.6) is 0 Å². The summed E-state index contributed by atoms with van der Waals surface area (Å²) in [6.07, 6.45) is 5.35.